The molecule has 8 nitrogen and oxygen atoms in total. The summed E-state index contributed by atoms with van der Waals surface area (Å²) in [5.41, 5.74) is 5.32. The molecule has 1 fully saturated rings. The molecule has 0 unspecified atom stereocenters. The minimum Gasteiger partial charge on any atom is -0.475 e. The van der Waals surface area contributed by atoms with E-state index in [1.54, 1.807) is 23.7 Å². The minimum atomic E-state index is -5.08. The molecular weight excluding hydrogens is 443 g/mol. The fraction of sp³-hybridized carbons (Fsp3) is 0.318. The first-order valence-electron chi connectivity index (χ1n) is 10.1. The topological polar surface area (TPSA) is 116 Å². The molecule has 1 saturated heterocycles. The molecule has 176 valence electrons. The molecule has 0 radical (unpaired) electrons. The molecule has 1 aliphatic rings. The third kappa shape index (κ3) is 6.53. The Morgan fingerprint density at radius 1 is 1.09 bits per heavy atom. The monoisotopic (exact) mass is 465 g/mol. The van der Waals surface area contributed by atoms with Gasteiger partial charge in [-0.2, -0.15) is 13.2 Å². The third-order valence-corrected chi connectivity index (χ3v) is 5.02. The Balaban J connectivity index is 0.000000383. The summed E-state index contributed by atoms with van der Waals surface area (Å²) in [6, 6.07) is 13.1. The molecule has 2 aromatic carbocycles. The van der Waals surface area contributed by atoms with E-state index in [0.29, 0.717) is 22.6 Å². The normalized spacial score (nSPS) is 14.4. The van der Waals surface area contributed by atoms with Crippen molar-refractivity contribution in [2.75, 3.05) is 13.1 Å². The summed E-state index contributed by atoms with van der Waals surface area (Å²) in [6.07, 6.45) is -1.21. The summed E-state index contributed by atoms with van der Waals surface area (Å²) in [5, 5.41) is 15.9. The first-order chi connectivity index (χ1) is 15.7. The molecule has 0 atom stereocenters. The molecule has 2 heterocycles. The van der Waals surface area contributed by atoms with E-state index in [0.717, 1.165) is 25.2 Å². The molecule has 3 aromatic rings. The maximum Gasteiger partial charge on any atom is 0.490 e. The Morgan fingerprint density at radius 2 is 1.79 bits per heavy atom. The number of carboxylic acids is 1. The Hall–Kier alpha value is -3.44. The van der Waals surface area contributed by atoms with Crippen LogP contribution in [0.25, 0.3) is 22.6 Å². The van der Waals surface area contributed by atoms with Crippen LogP contribution in [0.2, 0.25) is 0 Å². The number of nitrogens with one attached hydrogen (secondary N) is 1. The number of rotatable bonds is 4. The van der Waals surface area contributed by atoms with E-state index in [9.17, 15) is 18.0 Å². The van der Waals surface area contributed by atoms with Gasteiger partial charge in [0.1, 0.15) is 5.52 Å². The van der Waals surface area contributed by atoms with Crippen LogP contribution in [-0.4, -0.2) is 51.3 Å². The van der Waals surface area contributed by atoms with Gasteiger partial charge in [0.15, 0.2) is 5.58 Å². The van der Waals surface area contributed by atoms with E-state index in [-0.39, 0.29) is 0 Å². The van der Waals surface area contributed by atoms with Crippen LogP contribution >= 0.6 is 0 Å². The predicted octanol–water partition coefficient (Wildman–Crippen LogP) is 4.23. The average Bonchev–Trinajstić information content (AvgIpc) is 3.23. The Bertz CT molecular complexity index is 1120. The van der Waals surface area contributed by atoms with Crippen molar-refractivity contribution < 1.29 is 37.5 Å². The lowest BCUT2D eigenvalue weighted by Gasteiger charge is -2.26. The van der Waals surface area contributed by atoms with E-state index in [1.807, 2.05) is 12.1 Å². The van der Waals surface area contributed by atoms with Crippen LogP contribution in [0.5, 0.6) is 0 Å². The molecule has 1 aromatic heterocycles. The number of carbonyl (C=O) groups excluding carboxylic acids is 1. The number of aromatic nitrogens is 1. The van der Waals surface area contributed by atoms with Crippen molar-refractivity contribution in [2.45, 2.75) is 32.0 Å². The van der Waals surface area contributed by atoms with E-state index in [1.165, 1.54) is 24.8 Å². The number of halogens is 3. The SMILES string of the molecule is O=C(NO)c1ccc2oc(-c3cccc(CN4CCCCC4)c3)nc2c1.O=C(O)C(F)(F)F. The number of nitrogens with zero attached hydrogens (tertiary/aromatic N) is 2. The van der Waals surface area contributed by atoms with Gasteiger partial charge in [-0.25, -0.2) is 15.3 Å². The second-order valence-corrected chi connectivity index (χ2v) is 7.48. The quantitative estimate of drug-likeness (QED) is 0.390. The molecule has 0 aliphatic carbocycles. The second-order valence-electron chi connectivity index (χ2n) is 7.48. The highest BCUT2D eigenvalue weighted by Crippen LogP contribution is 2.26. The van der Waals surface area contributed by atoms with Crippen molar-refractivity contribution in [2.24, 2.45) is 0 Å². The molecule has 1 amide bonds. The number of piperidine rings is 1. The first kappa shape index (κ1) is 24.2. The number of amides is 1. The van der Waals surface area contributed by atoms with Gasteiger partial charge in [-0.1, -0.05) is 18.6 Å². The van der Waals surface area contributed by atoms with E-state index in [4.69, 9.17) is 19.5 Å². The number of fused-ring (bicyclic) bond motifs is 1. The van der Waals surface area contributed by atoms with Crippen LogP contribution in [0.15, 0.2) is 46.9 Å². The van der Waals surface area contributed by atoms with Gasteiger partial charge < -0.3 is 9.52 Å². The fourth-order valence-electron chi connectivity index (χ4n) is 3.44. The molecule has 11 heteroatoms. The molecular formula is C22H22F3N3O5. The molecule has 0 spiro atoms. The summed E-state index contributed by atoms with van der Waals surface area (Å²) in [6.45, 7) is 3.25. The number of benzene rings is 2. The number of alkyl halides is 3. The standard InChI is InChI=1S/C20H21N3O3.C2HF3O2/c24-19(22-25)15-7-8-18-17(12-15)21-20(26-18)16-6-4-5-14(11-16)13-23-9-2-1-3-10-23;3-2(4,5)1(6)7/h4-8,11-12,25H,1-3,9-10,13H2,(H,22,24);(H,6,7). The van der Waals surface area contributed by atoms with E-state index < -0.39 is 18.1 Å². The lowest BCUT2D eigenvalue weighted by Crippen LogP contribution is -2.29. The van der Waals surface area contributed by atoms with Crippen LogP contribution < -0.4 is 5.48 Å². The first-order valence-corrected chi connectivity index (χ1v) is 10.1. The maximum atomic E-state index is 11.5. The molecule has 3 N–H and O–H groups in total. The van der Waals surface area contributed by atoms with E-state index >= 15 is 0 Å². The number of hydrogen-bond acceptors (Lipinski definition) is 6. The number of hydrogen-bond donors (Lipinski definition) is 3. The molecule has 1 aliphatic heterocycles. The van der Waals surface area contributed by atoms with Gasteiger partial charge in [-0.15, -0.1) is 0 Å². The molecule has 33 heavy (non-hydrogen) atoms. The van der Waals surface area contributed by atoms with Crippen molar-refractivity contribution in [3.05, 3.63) is 53.6 Å². The van der Waals surface area contributed by atoms with Gasteiger partial charge in [0.05, 0.1) is 0 Å². The van der Waals surface area contributed by atoms with Gasteiger partial charge in [0.25, 0.3) is 5.91 Å². The highest BCUT2D eigenvalue weighted by Gasteiger charge is 2.38. The van der Waals surface area contributed by atoms with Crippen molar-refractivity contribution in [3.8, 4) is 11.5 Å². The number of carbonyl (C=O) groups is 2. The Kier molecular flexibility index (Phi) is 7.67. The molecule has 4 rings (SSSR count). The van der Waals surface area contributed by atoms with Gasteiger partial charge in [-0.3, -0.25) is 14.9 Å². The zero-order chi connectivity index (χ0) is 24.0. The highest BCUT2D eigenvalue weighted by molar-refractivity contribution is 5.96. The van der Waals surface area contributed by atoms with Crippen molar-refractivity contribution in [1.29, 1.82) is 0 Å². The Morgan fingerprint density at radius 3 is 2.42 bits per heavy atom. The molecule has 0 saturated carbocycles. The second kappa shape index (κ2) is 10.5. The van der Waals surface area contributed by atoms with Gasteiger partial charge in [-0.05, 0) is 61.8 Å². The maximum absolute atomic E-state index is 11.5. The average molecular weight is 465 g/mol. The lowest BCUT2D eigenvalue weighted by molar-refractivity contribution is -0.192. The van der Waals surface area contributed by atoms with Crippen molar-refractivity contribution in [1.82, 2.24) is 15.4 Å². The van der Waals surface area contributed by atoms with Crippen LogP contribution in [0.4, 0.5) is 13.2 Å². The summed E-state index contributed by atoms with van der Waals surface area (Å²) in [4.78, 5) is 27.4. The van der Waals surface area contributed by atoms with Gasteiger partial charge in [0.2, 0.25) is 5.89 Å². The number of oxazole rings is 1. The van der Waals surface area contributed by atoms with Gasteiger partial charge >= 0.3 is 12.1 Å². The van der Waals surface area contributed by atoms with Crippen LogP contribution in [0, 0.1) is 0 Å². The number of likely N-dealkylation sites (tertiary alicyclic amines) is 1. The Labute approximate surface area is 186 Å². The molecule has 0 bridgehead atoms. The van der Waals surface area contributed by atoms with Crippen LogP contribution in [0.3, 0.4) is 0 Å². The highest BCUT2D eigenvalue weighted by atomic mass is 19.4. The summed E-state index contributed by atoms with van der Waals surface area (Å²) >= 11 is 0. The van der Waals surface area contributed by atoms with Gasteiger partial charge in [0, 0.05) is 17.7 Å². The smallest absolute Gasteiger partial charge is 0.475 e. The zero-order valence-corrected chi connectivity index (χ0v) is 17.4. The van der Waals surface area contributed by atoms with E-state index in [2.05, 4.69) is 22.0 Å². The number of aliphatic carboxylic acids is 1. The minimum absolute atomic E-state index is 0.332. The zero-order valence-electron chi connectivity index (χ0n) is 17.4. The predicted molar refractivity (Wildman–Crippen MR) is 112 cm³/mol. The summed E-state index contributed by atoms with van der Waals surface area (Å²) in [5.74, 6) is -2.80. The lowest BCUT2D eigenvalue weighted by atomic mass is 10.1. The van der Waals surface area contributed by atoms with Crippen molar-refractivity contribution in [3.63, 3.8) is 0 Å². The van der Waals surface area contributed by atoms with Crippen molar-refractivity contribution >= 4 is 23.0 Å². The fourth-order valence-corrected chi connectivity index (χ4v) is 3.44. The largest absolute Gasteiger partial charge is 0.490 e. The number of carboxylic acid groups (broad SMARTS) is 1. The third-order valence-electron chi connectivity index (χ3n) is 5.02. The summed E-state index contributed by atoms with van der Waals surface area (Å²) < 4.78 is 37.6. The van der Waals surface area contributed by atoms with Crippen LogP contribution in [-0.2, 0) is 11.3 Å². The number of hydroxylamine groups is 1. The summed E-state index contributed by atoms with van der Waals surface area (Å²) in [7, 11) is 0. The van der Waals surface area contributed by atoms with Crippen LogP contribution in [0.1, 0.15) is 35.2 Å².